The van der Waals surface area contributed by atoms with E-state index >= 15 is 0 Å². The summed E-state index contributed by atoms with van der Waals surface area (Å²) in [7, 11) is 0. The van der Waals surface area contributed by atoms with Crippen molar-refractivity contribution in [1.82, 2.24) is 19.5 Å². The predicted octanol–water partition coefficient (Wildman–Crippen LogP) is 4.28. The SMILES string of the molecule is C=C1C=CC=C1Cn1cc(Cc2cncnc2)c(=O)nc1SCc1ccc(C)cc1. The topological polar surface area (TPSA) is 60.7 Å². The highest BCUT2D eigenvalue weighted by Crippen LogP contribution is 2.24. The molecule has 2 heterocycles. The lowest BCUT2D eigenvalue weighted by molar-refractivity contribution is 0.651. The van der Waals surface area contributed by atoms with Gasteiger partial charge in [-0.05, 0) is 29.2 Å². The van der Waals surface area contributed by atoms with Crippen LogP contribution >= 0.6 is 11.8 Å². The van der Waals surface area contributed by atoms with E-state index in [1.165, 1.54) is 17.5 Å². The van der Waals surface area contributed by atoms with Crippen molar-refractivity contribution in [2.24, 2.45) is 0 Å². The fraction of sp³-hybridized carbons (Fsp3) is 0.167. The van der Waals surface area contributed by atoms with E-state index in [0.717, 1.165) is 22.5 Å². The number of aryl methyl sites for hydroxylation is 1. The Kier molecular flexibility index (Phi) is 6.05. The van der Waals surface area contributed by atoms with Crippen LogP contribution in [0.15, 0.2) is 95.1 Å². The van der Waals surface area contributed by atoms with Gasteiger partial charge in [-0.15, -0.1) is 0 Å². The third-order valence-corrected chi connectivity index (χ3v) is 5.94. The van der Waals surface area contributed by atoms with E-state index in [2.05, 4.69) is 58.8 Å². The smallest absolute Gasteiger partial charge is 0.277 e. The van der Waals surface area contributed by atoms with Gasteiger partial charge in [0.25, 0.3) is 5.56 Å². The molecule has 0 bridgehead atoms. The lowest BCUT2D eigenvalue weighted by atomic mass is 10.1. The fourth-order valence-electron chi connectivity index (χ4n) is 3.18. The number of hydrogen-bond donors (Lipinski definition) is 0. The molecule has 0 spiro atoms. The highest BCUT2D eigenvalue weighted by atomic mass is 32.2. The predicted molar refractivity (Wildman–Crippen MR) is 120 cm³/mol. The van der Waals surface area contributed by atoms with Crippen molar-refractivity contribution in [3.8, 4) is 0 Å². The normalized spacial score (nSPS) is 13.0. The minimum absolute atomic E-state index is 0.209. The maximum atomic E-state index is 12.7. The number of rotatable bonds is 7. The van der Waals surface area contributed by atoms with E-state index in [9.17, 15) is 4.79 Å². The molecule has 0 atom stereocenters. The van der Waals surface area contributed by atoms with Crippen LogP contribution in [-0.4, -0.2) is 19.5 Å². The third kappa shape index (κ3) is 4.83. The number of aromatic nitrogens is 4. The van der Waals surface area contributed by atoms with Crippen LogP contribution in [0.2, 0.25) is 0 Å². The first-order chi connectivity index (χ1) is 14.6. The zero-order chi connectivity index (χ0) is 20.9. The molecule has 0 amide bonds. The molecule has 1 aromatic carbocycles. The van der Waals surface area contributed by atoms with Crippen molar-refractivity contribution in [1.29, 1.82) is 0 Å². The van der Waals surface area contributed by atoms with Gasteiger partial charge < -0.3 is 4.57 Å². The summed E-state index contributed by atoms with van der Waals surface area (Å²) in [6, 6.07) is 8.42. The summed E-state index contributed by atoms with van der Waals surface area (Å²) < 4.78 is 2.05. The molecule has 0 fully saturated rings. The molecule has 3 aromatic rings. The highest BCUT2D eigenvalue weighted by molar-refractivity contribution is 7.98. The average molecular weight is 415 g/mol. The summed E-state index contributed by atoms with van der Waals surface area (Å²) in [6.45, 7) is 6.79. The van der Waals surface area contributed by atoms with Gasteiger partial charge >= 0.3 is 0 Å². The molecular formula is C24H22N4OS. The number of allylic oxidation sites excluding steroid dienone is 5. The summed E-state index contributed by atoms with van der Waals surface area (Å²) in [4.78, 5) is 25.2. The summed E-state index contributed by atoms with van der Waals surface area (Å²) in [5.41, 5.74) is 5.83. The van der Waals surface area contributed by atoms with Crippen LogP contribution in [0.4, 0.5) is 0 Å². The Hall–Kier alpha value is -3.25. The monoisotopic (exact) mass is 414 g/mol. The Morgan fingerprint density at radius 2 is 1.87 bits per heavy atom. The van der Waals surface area contributed by atoms with Gasteiger partial charge in [0.05, 0.1) is 6.54 Å². The maximum absolute atomic E-state index is 12.7. The second-order valence-electron chi connectivity index (χ2n) is 7.26. The molecule has 0 aliphatic heterocycles. The Balaban J connectivity index is 1.63. The van der Waals surface area contributed by atoms with Crippen LogP contribution in [0.3, 0.4) is 0 Å². The van der Waals surface area contributed by atoms with Gasteiger partial charge in [-0.2, -0.15) is 4.98 Å². The molecule has 30 heavy (non-hydrogen) atoms. The molecule has 6 heteroatoms. The first-order valence-corrected chi connectivity index (χ1v) is 10.7. The van der Waals surface area contributed by atoms with Gasteiger partial charge in [0.2, 0.25) is 0 Å². The molecule has 0 saturated carbocycles. The van der Waals surface area contributed by atoms with Crippen LogP contribution in [0.25, 0.3) is 0 Å². The van der Waals surface area contributed by atoms with E-state index in [1.54, 1.807) is 24.2 Å². The largest absolute Gasteiger partial charge is 0.323 e. The molecule has 2 aromatic heterocycles. The van der Waals surface area contributed by atoms with E-state index in [-0.39, 0.29) is 5.56 Å². The summed E-state index contributed by atoms with van der Waals surface area (Å²) in [5.74, 6) is 0.747. The van der Waals surface area contributed by atoms with Gasteiger partial charge in [-0.1, -0.05) is 66.4 Å². The Labute approximate surface area is 179 Å². The third-order valence-electron chi connectivity index (χ3n) is 4.87. The Morgan fingerprint density at radius 3 is 2.57 bits per heavy atom. The fourth-order valence-corrected chi connectivity index (χ4v) is 4.10. The zero-order valence-corrected chi connectivity index (χ0v) is 17.6. The van der Waals surface area contributed by atoms with Gasteiger partial charge in [0.15, 0.2) is 5.16 Å². The lowest BCUT2D eigenvalue weighted by Crippen LogP contribution is -2.20. The second kappa shape index (κ2) is 9.05. The summed E-state index contributed by atoms with van der Waals surface area (Å²) in [5, 5.41) is 0.703. The molecule has 150 valence electrons. The van der Waals surface area contributed by atoms with Gasteiger partial charge in [0.1, 0.15) is 6.33 Å². The highest BCUT2D eigenvalue weighted by Gasteiger charge is 2.13. The molecule has 0 radical (unpaired) electrons. The van der Waals surface area contributed by atoms with Gasteiger partial charge in [-0.3, -0.25) is 4.79 Å². The molecule has 1 aliphatic carbocycles. The summed E-state index contributed by atoms with van der Waals surface area (Å²) >= 11 is 1.57. The van der Waals surface area contributed by atoms with E-state index < -0.39 is 0 Å². The van der Waals surface area contributed by atoms with E-state index in [0.29, 0.717) is 23.7 Å². The molecular weight excluding hydrogens is 392 g/mol. The van der Waals surface area contributed by atoms with E-state index in [4.69, 9.17) is 0 Å². The van der Waals surface area contributed by atoms with E-state index in [1.807, 2.05) is 22.9 Å². The van der Waals surface area contributed by atoms with Gasteiger partial charge in [0, 0.05) is 36.3 Å². The molecule has 0 saturated heterocycles. The zero-order valence-electron chi connectivity index (χ0n) is 16.8. The minimum atomic E-state index is -0.209. The number of benzene rings is 1. The van der Waals surface area contributed by atoms with Crippen molar-refractivity contribution in [2.45, 2.75) is 30.8 Å². The van der Waals surface area contributed by atoms with Crippen molar-refractivity contribution >= 4 is 11.8 Å². The lowest BCUT2D eigenvalue weighted by Gasteiger charge is -2.15. The molecule has 0 N–H and O–H groups in total. The number of nitrogens with zero attached hydrogens (tertiary/aromatic N) is 4. The van der Waals surface area contributed by atoms with Gasteiger partial charge in [-0.25, -0.2) is 9.97 Å². The molecule has 4 rings (SSSR count). The Morgan fingerprint density at radius 1 is 1.10 bits per heavy atom. The average Bonchev–Trinajstić information content (AvgIpc) is 3.15. The first kappa shape index (κ1) is 20.0. The van der Waals surface area contributed by atoms with Crippen molar-refractivity contribution in [3.05, 3.63) is 118 Å². The molecule has 5 nitrogen and oxygen atoms in total. The van der Waals surface area contributed by atoms with Crippen molar-refractivity contribution in [2.75, 3.05) is 0 Å². The Bertz CT molecular complexity index is 1180. The van der Waals surface area contributed by atoms with Crippen LogP contribution < -0.4 is 5.56 Å². The van der Waals surface area contributed by atoms with Crippen molar-refractivity contribution in [3.63, 3.8) is 0 Å². The van der Waals surface area contributed by atoms with Crippen LogP contribution in [0.1, 0.15) is 22.3 Å². The second-order valence-corrected chi connectivity index (χ2v) is 8.20. The van der Waals surface area contributed by atoms with Crippen molar-refractivity contribution < 1.29 is 0 Å². The minimum Gasteiger partial charge on any atom is -0.323 e. The van der Waals surface area contributed by atoms with Crippen LogP contribution in [0.5, 0.6) is 0 Å². The quantitative estimate of drug-likeness (QED) is 0.427. The standard InChI is InChI=1S/C24H22N4OS/c1-17-6-8-19(9-7-17)15-30-24-27-23(29)22(10-20-11-25-16-26-12-20)14-28(24)13-21-5-3-4-18(21)2/h3-9,11-12,14,16H,2,10,13,15H2,1H3. The number of hydrogen-bond acceptors (Lipinski definition) is 5. The first-order valence-electron chi connectivity index (χ1n) is 9.67. The number of thioether (sulfide) groups is 1. The summed E-state index contributed by atoms with van der Waals surface area (Å²) in [6.07, 6.45) is 13.3. The molecule has 1 aliphatic rings. The van der Waals surface area contributed by atoms with Crippen LogP contribution in [0, 0.1) is 6.92 Å². The van der Waals surface area contributed by atoms with Crippen LogP contribution in [-0.2, 0) is 18.7 Å². The maximum Gasteiger partial charge on any atom is 0.277 e. The molecule has 0 unspecified atom stereocenters.